The van der Waals surface area contributed by atoms with E-state index in [1.54, 1.807) is 12.3 Å². The molecule has 1 saturated heterocycles. The summed E-state index contributed by atoms with van der Waals surface area (Å²) in [5.41, 5.74) is 0.516. The molecule has 1 aliphatic rings. The third-order valence-corrected chi connectivity index (χ3v) is 3.88. The highest BCUT2D eigenvalue weighted by Gasteiger charge is 2.25. The molecule has 2 rings (SSSR count). The summed E-state index contributed by atoms with van der Waals surface area (Å²) in [5, 5.41) is 9.53. The van der Waals surface area contributed by atoms with Gasteiger partial charge in [-0.05, 0) is 31.7 Å². The highest BCUT2D eigenvalue weighted by Crippen LogP contribution is 2.32. The smallest absolute Gasteiger partial charge is 0.148 e. The van der Waals surface area contributed by atoms with Crippen LogP contribution in [-0.2, 0) is 0 Å². The van der Waals surface area contributed by atoms with Crippen LogP contribution in [0.2, 0.25) is 5.02 Å². The zero-order chi connectivity index (χ0) is 13.0. The molecule has 0 amide bonds. The number of hydrogen-bond acceptors (Lipinski definition) is 3. The number of hydrogen-bond donors (Lipinski definition) is 0. The molecule has 1 aliphatic heterocycles. The molecule has 0 radical (unpaired) electrons. The van der Waals surface area contributed by atoms with Gasteiger partial charge in [-0.25, -0.2) is 4.98 Å². The van der Waals surface area contributed by atoms with Crippen LogP contribution in [0.15, 0.2) is 12.3 Å². The third-order valence-electron chi connectivity index (χ3n) is 3.51. The Morgan fingerprint density at radius 2 is 2.39 bits per heavy atom. The van der Waals surface area contributed by atoms with Crippen LogP contribution >= 0.6 is 11.6 Å². The lowest BCUT2D eigenvalue weighted by atomic mass is 9.98. The number of halogens is 1. The van der Waals surface area contributed by atoms with Crippen molar-refractivity contribution in [2.75, 3.05) is 11.4 Å². The lowest BCUT2D eigenvalue weighted by molar-refractivity contribution is 0.432. The second-order valence-corrected chi connectivity index (χ2v) is 5.12. The molecule has 0 spiro atoms. The minimum Gasteiger partial charge on any atom is -0.352 e. The Morgan fingerprint density at radius 3 is 3.11 bits per heavy atom. The summed E-state index contributed by atoms with van der Waals surface area (Å²) in [6.45, 7) is 3.19. The van der Waals surface area contributed by atoms with E-state index in [9.17, 15) is 0 Å². The highest BCUT2D eigenvalue weighted by atomic mass is 35.5. The molecule has 0 bridgehead atoms. The largest absolute Gasteiger partial charge is 0.352 e. The number of rotatable bonds is 3. The Balaban J connectivity index is 2.31. The minimum absolute atomic E-state index is 0.503. The predicted molar refractivity (Wildman–Crippen MR) is 73.9 cm³/mol. The Bertz CT molecular complexity index is 451. The molecule has 2 heterocycles. The molecule has 18 heavy (non-hydrogen) atoms. The number of nitriles is 1. The second-order valence-electron chi connectivity index (χ2n) is 4.74. The fourth-order valence-electron chi connectivity index (χ4n) is 2.63. The van der Waals surface area contributed by atoms with Gasteiger partial charge >= 0.3 is 0 Å². The molecule has 4 heteroatoms. The van der Waals surface area contributed by atoms with Gasteiger partial charge < -0.3 is 4.90 Å². The van der Waals surface area contributed by atoms with Crippen LogP contribution in [0, 0.1) is 11.3 Å². The molecule has 0 aromatic carbocycles. The van der Waals surface area contributed by atoms with Crippen molar-refractivity contribution in [1.29, 1.82) is 5.26 Å². The van der Waals surface area contributed by atoms with Crippen LogP contribution in [0.5, 0.6) is 0 Å². The van der Waals surface area contributed by atoms with E-state index in [2.05, 4.69) is 22.9 Å². The maximum absolute atomic E-state index is 9.03. The Labute approximate surface area is 113 Å². The van der Waals surface area contributed by atoms with Crippen molar-refractivity contribution in [3.05, 3.63) is 22.8 Å². The summed E-state index contributed by atoms with van der Waals surface area (Å²) in [6, 6.07) is 4.31. The van der Waals surface area contributed by atoms with Gasteiger partial charge in [0.2, 0.25) is 0 Å². The average Bonchev–Trinajstić information content (AvgIpc) is 2.40. The summed E-state index contributed by atoms with van der Waals surface area (Å²) in [5.74, 6) is 0.786. The molecule has 1 fully saturated rings. The normalized spacial score (nSPS) is 19.6. The third kappa shape index (κ3) is 2.59. The SMILES string of the molecule is CCCC1CCCCN1c1nccc(C#N)c1Cl. The van der Waals surface area contributed by atoms with Gasteiger partial charge in [-0.1, -0.05) is 24.9 Å². The molecular formula is C14H18ClN3. The van der Waals surface area contributed by atoms with Gasteiger partial charge in [0.1, 0.15) is 16.9 Å². The van der Waals surface area contributed by atoms with Crippen molar-refractivity contribution < 1.29 is 0 Å². The maximum Gasteiger partial charge on any atom is 0.148 e. The minimum atomic E-state index is 0.503. The van der Waals surface area contributed by atoms with Gasteiger partial charge in [0.15, 0.2) is 0 Å². The molecule has 1 aromatic heterocycles. The molecule has 1 unspecified atom stereocenters. The maximum atomic E-state index is 9.03. The number of nitrogens with zero attached hydrogens (tertiary/aromatic N) is 3. The first-order chi connectivity index (χ1) is 8.77. The molecule has 1 aromatic rings. The van der Waals surface area contributed by atoms with Crippen molar-refractivity contribution in [1.82, 2.24) is 4.98 Å². The topological polar surface area (TPSA) is 39.9 Å². The molecule has 96 valence electrons. The zero-order valence-corrected chi connectivity index (χ0v) is 11.5. The summed E-state index contributed by atoms with van der Waals surface area (Å²) in [6.07, 6.45) is 7.65. The van der Waals surface area contributed by atoms with Crippen LogP contribution < -0.4 is 4.90 Å². The van der Waals surface area contributed by atoms with Gasteiger partial charge in [0.05, 0.1) is 5.56 Å². The average molecular weight is 264 g/mol. The van der Waals surface area contributed by atoms with Crippen molar-refractivity contribution in [2.24, 2.45) is 0 Å². The van der Waals surface area contributed by atoms with Gasteiger partial charge in [0.25, 0.3) is 0 Å². The molecule has 0 aliphatic carbocycles. The van der Waals surface area contributed by atoms with Crippen molar-refractivity contribution in [3.8, 4) is 6.07 Å². The number of piperidine rings is 1. The van der Waals surface area contributed by atoms with Gasteiger partial charge in [-0.2, -0.15) is 5.26 Å². The molecule has 0 saturated carbocycles. The van der Waals surface area contributed by atoms with Gasteiger partial charge in [0, 0.05) is 18.8 Å². The lowest BCUT2D eigenvalue weighted by Crippen LogP contribution is -2.40. The highest BCUT2D eigenvalue weighted by molar-refractivity contribution is 6.34. The van der Waals surface area contributed by atoms with E-state index in [0.717, 1.165) is 25.2 Å². The quantitative estimate of drug-likeness (QED) is 0.834. The van der Waals surface area contributed by atoms with Crippen LogP contribution in [0.3, 0.4) is 0 Å². The zero-order valence-electron chi connectivity index (χ0n) is 10.7. The van der Waals surface area contributed by atoms with E-state index < -0.39 is 0 Å². The van der Waals surface area contributed by atoms with Crippen molar-refractivity contribution in [2.45, 2.75) is 45.1 Å². The van der Waals surface area contributed by atoms with Crippen LogP contribution in [-0.4, -0.2) is 17.6 Å². The summed E-state index contributed by atoms with van der Waals surface area (Å²) >= 11 is 6.28. The number of pyridine rings is 1. The Morgan fingerprint density at radius 1 is 1.56 bits per heavy atom. The first-order valence-corrected chi connectivity index (χ1v) is 6.97. The first kappa shape index (κ1) is 13.2. The monoisotopic (exact) mass is 263 g/mol. The van der Waals surface area contributed by atoms with E-state index in [1.807, 2.05) is 0 Å². The second kappa shape index (κ2) is 6.06. The Hall–Kier alpha value is -1.27. The number of anilines is 1. The summed E-state index contributed by atoms with van der Waals surface area (Å²) < 4.78 is 0. The first-order valence-electron chi connectivity index (χ1n) is 6.59. The van der Waals surface area contributed by atoms with Crippen LogP contribution in [0.4, 0.5) is 5.82 Å². The lowest BCUT2D eigenvalue weighted by Gasteiger charge is -2.37. The summed E-state index contributed by atoms with van der Waals surface area (Å²) in [4.78, 5) is 6.67. The van der Waals surface area contributed by atoms with Crippen LogP contribution in [0.25, 0.3) is 0 Å². The van der Waals surface area contributed by atoms with Gasteiger partial charge in [-0.15, -0.1) is 0 Å². The Kier molecular flexibility index (Phi) is 4.43. The standard InChI is InChI=1S/C14H18ClN3/c1-2-5-12-6-3-4-9-18(12)14-13(15)11(10-16)7-8-17-14/h7-8,12H,2-6,9H2,1H3. The molecule has 3 nitrogen and oxygen atoms in total. The summed E-state index contributed by atoms with van der Waals surface area (Å²) in [7, 11) is 0. The van der Waals surface area contributed by atoms with E-state index in [1.165, 1.54) is 19.3 Å². The fourth-order valence-corrected chi connectivity index (χ4v) is 2.89. The predicted octanol–water partition coefficient (Wildman–Crippen LogP) is 3.77. The molecular weight excluding hydrogens is 246 g/mol. The van der Waals surface area contributed by atoms with E-state index in [4.69, 9.17) is 16.9 Å². The van der Waals surface area contributed by atoms with Gasteiger partial charge in [-0.3, -0.25) is 0 Å². The molecule has 0 N–H and O–H groups in total. The van der Waals surface area contributed by atoms with E-state index >= 15 is 0 Å². The fraction of sp³-hybridized carbons (Fsp3) is 0.571. The van der Waals surface area contributed by atoms with Crippen LogP contribution in [0.1, 0.15) is 44.6 Å². The van der Waals surface area contributed by atoms with Crippen molar-refractivity contribution in [3.63, 3.8) is 0 Å². The number of aromatic nitrogens is 1. The van der Waals surface area contributed by atoms with E-state index in [0.29, 0.717) is 16.6 Å². The van der Waals surface area contributed by atoms with Crippen molar-refractivity contribution >= 4 is 17.4 Å². The molecule has 1 atom stereocenters. The van der Waals surface area contributed by atoms with E-state index in [-0.39, 0.29) is 0 Å².